The van der Waals surface area contributed by atoms with E-state index in [0.717, 1.165) is 11.1 Å². The van der Waals surface area contributed by atoms with Crippen LogP contribution in [0.25, 0.3) is 22.3 Å². The van der Waals surface area contributed by atoms with Crippen LogP contribution in [-0.4, -0.2) is 80.0 Å². The number of Topliss-reactive ketones (excluding diaryl/α,β-unsaturated/α-hetero) is 3. The highest BCUT2D eigenvalue weighted by atomic mass is 16.5. The molecule has 1 heterocycles. The lowest BCUT2D eigenvalue weighted by Gasteiger charge is -2.32. The molecule has 9 N–H and O–H groups in total. The Morgan fingerprint density at radius 1 is 0.846 bits per heavy atom. The molecular formula is C51H63N7O7. The van der Waals surface area contributed by atoms with Gasteiger partial charge in [0.15, 0.2) is 17.3 Å². The second kappa shape index (κ2) is 22.5. The summed E-state index contributed by atoms with van der Waals surface area (Å²) in [4.78, 5) is 72.0. The van der Waals surface area contributed by atoms with Gasteiger partial charge in [0.1, 0.15) is 30.8 Å². The quantitative estimate of drug-likeness (QED) is 0.0622. The van der Waals surface area contributed by atoms with Crippen molar-refractivity contribution in [1.29, 1.82) is 5.26 Å². The van der Waals surface area contributed by atoms with Gasteiger partial charge < -0.3 is 42.6 Å². The highest BCUT2D eigenvalue weighted by Gasteiger charge is 2.36. The first kappa shape index (κ1) is 49.6. The standard InChI is InChI=1S/C51H63N7O7/c1-31-25-45(61)48(58(5)50(63)36(18-20-53)30-44(60)38-15-11-34(29-41(38)56)33-9-13-37(14-10-33)51(2,3)4)35-12-17-47(65-24-22-55)40(28-35)39-26-32(8-16-46(39)64-23-21-54)27-42(57-49(31)62)43(59)7-6-19-52/h8-17,26,28-29,31,36,42,48H,6-7,18,20-25,27,30,53-56H2,1-5H3,(H,57,62)/t31-,36-,42+,48+/m1/s1. The zero-order valence-electron chi connectivity index (χ0n) is 38.2. The molecule has 4 bridgehead atoms. The van der Waals surface area contributed by atoms with E-state index in [0.29, 0.717) is 33.8 Å². The van der Waals surface area contributed by atoms with Gasteiger partial charge in [-0.1, -0.05) is 70.2 Å². The molecule has 0 saturated carbocycles. The number of ether oxygens (including phenoxy) is 2. The SMILES string of the molecule is C[C@@H]1CC(=O)[C@@H](N(C)C(=O)[C@H](CCN)CC(=O)c2ccc(-c3ccc(C(C)(C)C)cc3)cc2N)c2ccc(OCCN)c(c2)-c2cc(ccc2OCCN)C[C@@H](C(=O)CCC#N)NC1=O. The summed E-state index contributed by atoms with van der Waals surface area (Å²) in [6.45, 7) is 8.87. The monoisotopic (exact) mass is 885 g/mol. The molecular weight excluding hydrogens is 823 g/mol. The molecule has 2 amide bonds. The number of nitrogens with two attached hydrogens (primary N) is 4. The highest BCUT2D eigenvalue weighted by Crippen LogP contribution is 2.41. The summed E-state index contributed by atoms with van der Waals surface area (Å²) in [6.07, 6.45) is -0.398. The molecule has 0 fully saturated rings. The number of carbonyl (C=O) groups is 5. The van der Waals surface area contributed by atoms with Crippen LogP contribution in [0.15, 0.2) is 78.9 Å². The van der Waals surface area contributed by atoms with Crippen molar-refractivity contribution in [2.24, 2.45) is 29.0 Å². The second-order valence-corrected chi connectivity index (χ2v) is 17.7. The fraction of sp³-hybridized carbons (Fsp3) is 0.412. The number of nitrogens with zero attached hydrogens (tertiary/aromatic N) is 2. The Labute approximate surface area is 382 Å². The van der Waals surface area contributed by atoms with E-state index in [1.165, 1.54) is 17.5 Å². The van der Waals surface area contributed by atoms with E-state index < -0.39 is 41.5 Å². The average molecular weight is 886 g/mol. The number of ketones is 3. The predicted octanol–water partition coefficient (Wildman–Crippen LogP) is 5.82. The maximum atomic E-state index is 14.7. The maximum absolute atomic E-state index is 14.7. The van der Waals surface area contributed by atoms with E-state index in [2.05, 4.69) is 38.2 Å². The first-order valence-electron chi connectivity index (χ1n) is 22.2. The highest BCUT2D eigenvalue weighted by molar-refractivity contribution is 6.04. The smallest absolute Gasteiger partial charge is 0.226 e. The number of nitrogen functional groups attached to an aromatic ring is 1. The lowest BCUT2D eigenvalue weighted by Crippen LogP contribution is -2.46. The molecule has 65 heavy (non-hydrogen) atoms. The minimum Gasteiger partial charge on any atom is -0.492 e. The summed E-state index contributed by atoms with van der Waals surface area (Å²) in [5, 5.41) is 12.1. The Kier molecular flexibility index (Phi) is 17.2. The fourth-order valence-corrected chi connectivity index (χ4v) is 8.13. The summed E-state index contributed by atoms with van der Waals surface area (Å²) in [7, 11) is 1.50. The molecule has 1 aliphatic rings. The third-order valence-corrected chi connectivity index (χ3v) is 11.8. The van der Waals surface area contributed by atoms with Gasteiger partial charge in [0.2, 0.25) is 11.8 Å². The van der Waals surface area contributed by atoms with Gasteiger partial charge in [-0.05, 0) is 89.0 Å². The Bertz CT molecular complexity index is 2400. The fourth-order valence-electron chi connectivity index (χ4n) is 8.13. The van der Waals surface area contributed by atoms with Gasteiger partial charge >= 0.3 is 0 Å². The molecule has 4 aromatic carbocycles. The van der Waals surface area contributed by atoms with Crippen LogP contribution in [0.5, 0.6) is 11.5 Å². The molecule has 1 aliphatic heterocycles. The summed E-state index contributed by atoms with van der Waals surface area (Å²) < 4.78 is 12.2. The third kappa shape index (κ3) is 12.4. The number of benzene rings is 4. The van der Waals surface area contributed by atoms with Crippen molar-refractivity contribution < 1.29 is 33.4 Å². The van der Waals surface area contributed by atoms with Gasteiger partial charge in [-0.25, -0.2) is 0 Å². The van der Waals surface area contributed by atoms with Gasteiger partial charge in [-0.15, -0.1) is 0 Å². The molecule has 5 rings (SSSR count). The summed E-state index contributed by atoms with van der Waals surface area (Å²) in [5.74, 6) is -3.18. The molecule has 0 unspecified atom stereocenters. The molecule has 0 radical (unpaired) electrons. The first-order valence-corrected chi connectivity index (χ1v) is 22.2. The lowest BCUT2D eigenvalue weighted by molar-refractivity contribution is -0.142. The van der Waals surface area contributed by atoms with Crippen molar-refractivity contribution in [2.75, 3.05) is 45.6 Å². The number of anilines is 1. The van der Waals surface area contributed by atoms with E-state index >= 15 is 0 Å². The zero-order chi connectivity index (χ0) is 47.4. The molecule has 0 spiro atoms. The van der Waals surface area contributed by atoms with E-state index in [1.54, 1.807) is 49.4 Å². The summed E-state index contributed by atoms with van der Waals surface area (Å²) >= 11 is 0. The number of carbonyl (C=O) groups excluding carboxylic acids is 5. The van der Waals surface area contributed by atoms with Gasteiger partial charge in [0.05, 0.1) is 12.1 Å². The second-order valence-electron chi connectivity index (χ2n) is 17.7. The van der Waals surface area contributed by atoms with Crippen molar-refractivity contribution in [3.05, 3.63) is 101 Å². The number of nitriles is 1. The van der Waals surface area contributed by atoms with Crippen LogP contribution in [0.4, 0.5) is 5.69 Å². The number of hydrogen-bond acceptors (Lipinski definition) is 12. The zero-order valence-corrected chi connectivity index (χ0v) is 38.2. The van der Waals surface area contributed by atoms with Crippen LogP contribution in [0.3, 0.4) is 0 Å². The number of rotatable bonds is 17. The topological polar surface area (TPSA) is 247 Å². The molecule has 4 aromatic rings. The number of fused-ring (bicyclic) bond motifs is 5. The van der Waals surface area contributed by atoms with Crippen molar-refractivity contribution in [3.63, 3.8) is 0 Å². The summed E-state index contributed by atoms with van der Waals surface area (Å²) in [6, 6.07) is 23.7. The Morgan fingerprint density at radius 2 is 1.48 bits per heavy atom. The van der Waals surface area contributed by atoms with Gasteiger partial charge in [0.25, 0.3) is 0 Å². The first-order chi connectivity index (χ1) is 31.0. The Hall–Kier alpha value is -6.40. The van der Waals surface area contributed by atoms with Crippen LogP contribution >= 0.6 is 0 Å². The van der Waals surface area contributed by atoms with E-state index in [4.69, 9.17) is 32.4 Å². The molecule has 0 aromatic heterocycles. The van der Waals surface area contributed by atoms with Crippen LogP contribution in [0, 0.1) is 23.2 Å². The van der Waals surface area contributed by atoms with Crippen molar-refractivity contribution in [1.82, 2.24) is 10.2 Å². The van der Waals surface area contributed by atoms with Gasteiger partial charge in [0, 0.05) is 80.0 Å². The molecule has 4 atom stereocenters. The lowest BCUT2D eigenvalue weighted by atomic mass is 9.86. The van der Waals surface area contributed by atoms with E-state index in [9.17, 15) is 29.2 Å². The van der Waals surface area contributed by atoms with Gasteiger partial charge in [-0.2, -0.15) is 5.26 Å². The normalized spacial score (nSPS) is 16.9. The van der Waals surface area contributed by atoms with Crippen molar-refractivity contribution in [2.45, 2.75) is 83.7 Å². The minimum atomic E-state index is -1.24. The van der Waals surface area contributed by atoms with E-state index in [1.807, 2.05) is 30.3 Å². The molecule has 14 nitrogen and oxygen atoms in total. The predicted molar refractivity (Wildman–Crippen MR) is 252 cm³/mol. The number of nitrogens with one attached hydrogen (secondary N) is 1. The van der Waals surface area contributed by atoms with Crippen LogP contribution < -0.4 is 37.7 Å². The summed E-state index contributed by atoms with van der Waals surface area (Å²) in [5.41, 5.74) is 29.9. The van der Waals surface area contributed by atoms with Crippen LogP contribution in [0.1, 0.15) is 92.9 Å². The van der Waals surface area contributed by atoms with E-state index in [-0.39, 0.29) is 99.6 Å². The third-order valence-electron chi connectivity index (χ3n) is 11.8. The number of hydrogen-bond donors (Lipinski definition) is 5. The molecule has 14 heteroatoms. The van der Waals surface area contributed by atoms with Crippen molar-refractivity contribution >= 4 is 34.9 Å². The average Bonchev–Trinajstić information content (AvgIpc) is 3.28. The molecule has 344 valence electrons. The van der Waals surface area contributed by atoms with Crippen molar-refractivity contribution in [3.8, 4) is 39.8 Å². The van der Waals surface area contributed by atoms with Crippen LogP contribution in [-0.2, 0) is 31.0 Å². The van der Waals surface area contributed by atoms with Crippen LogP contribution in [0.2, 0.25) is 0 Å². The Balaban J connectivity index is 1.55. The molecule has 0 aliphatic carbocycles. The molecule has 0 saturated heterocycles. The minimum absolute atomic E-state index is 0.0103. The van der Waals surface area contributed by atoms with Gasteiger partial charge in [-0.3, -0.25) is 24.0 Å². The maximum Gasteiger partial charge on any atom is 0.226 e. The largest absolute Gasteiger partial charge is 0.492 e. The number of likely N-dealkylation sites (N-methyl/N-ethyl adjacent to an activating group) is 1. The number of amides is 2. The Morgan fingerprint density at radius 3 is 2.08 bits per heavy atom.